The zero-order valence-electron chi connectivity index (χ0n) is 21.7. The lowest BCUT2D eigenvalue weighted by atomic mass is 9.93. The molecule has 1 N–H and O–H groups in total. The number of aryl methyl sites for hydroxylation is 1. The summed E-state index contributed by atoms with van der Waals surface area (Å²) in [5, 5.41) is 9.69. The van der Waals surface area contributed by atoms with Crippen LogP contribution in [0.25, 0.3) is 6.08 Å². The van der Waals surface area contributed by atoms with Crippen molar-refractivity contribution >= 4 is 18.0 Å². The van der Waals surface area contributed by atoms with Crippen molar-refractivity contribution in [2.45, 2.75) is 78.3 Å². The lowest BCUT2D eigenvalue weighted by Crippen LogP contribution is -2.48. The van der Waals surface area contributed by atoms with Crippen LogP contribution >= 0.6 is 0 Å². The number of aliphatic carboxylic acids is 1. The highest BCUT2D eigenvalue weighted by atomic mass is 16.5. The van der Waals surface area contributed by atoms with Gasteiger partial charge in [0.2, 0.25) is 11.8 Å². The van der Waals surface area contributed by atoms with Gasteiger partial charge in [-0.05, 0) is 67.9 Å². The van der Waals surface area contributed by atoms with E-state index in [2.05, 4.69) is 31.5 Å². The van der Waals surface area contributed by atoms with Crippen molar-refractivity contribution in [3.05, 3.63) is 65.4 Å². The summed E-state index contributed by atoms with van der Waals surface area (Å²) in [7, 11) is 0. The molecule has 0 unspecified atom stereocenters. The second-order valence-corrected chi connectivity index (χ2v) is 9.72. The van der Waals surface area contributed by atoms with E-state index >= 15 is 0 Å². The van der Waals surface area contributed by atoms with E-state index in [9.17, 15) is 14.7 Å². The largest absolute Gasteiger partial charge is 0.493 e. The summed E-state index contributed by atoms with van der Waals surface area (Å²) in [6.45, 7) is 10.7. The van der Waals surface area contributed by atoms with Gasteiger partial charge in [0.05, 0.1) is 12.3 Å². The summed E-state index contributed by atoms with van der Waals surface area (Å²) in [5.74, 6) is 1.65. The van der Waals surface area contributed by atoms with Crippen LogP contribution in [0.1, 0.15) is 74.4 Å². The molecular formula is C29H38N2O5. The maximum absolute atomic E-state index is 12.7. The van der Waals surface area contributed by atoms with Crippen LogP contribution < -0.4 is 4.74 Å². The second kappa shape index (κ2) is 13.1. The number of ether oxygens (including phenoxy) is 1. The molecular weight excluding hydrogens is 456 g/mol. The van der Waals surface area contributed by atoms with Gasteiger partial charge in [-0.25, -0.2) is 9.78 Å². The number of hydrogen-bond acceptors (Lipinski definition) is 5. The molecule has 194 valence electrons. The van der Waals surface area contributed by atoms with Gasteiger partial charge < -0.3 is 19.2 Å². The molecule has 2 heterocycles. The molecule has 1 aromatic carbocycles. The summed E-state index contributed by atoms with van der Waals surface area (Å²) >= 11 is 0. The van der Waals surface area contributed by atoms with Gasteiger partial charge in [-0.1, -0.05) is 32.1 Å². The number of rotatable bonds is 13. The number of allylic oxidation sites excluding steroid dienone is 2. The molecule has 36 heavy (non-hydrogen) atoms. The molecule has 0 fully saturated rings. The smallest absolute Gasteiger partial charge is 0.326 e. The van der Waals surface area contributed by atoms with E-state index in [0.717, 1.165) is 41.8 Å². The lowest BCUT2D eigenvalue weighted by Gasteiger charge is -2.34. The Morgan fingerprint density at radius 1 is 1.31 bits per heavy atom. The zero-order chi connectivity index (χ0) is 26.1. The first kappa shape index (κ1) is 27.2. The first-order valence-corrected chi connectivity index (χ1v) is 12.8. The second-order valence-electron chi connectivity index (χ2n) is 9.72. The molecule has 1 atom stereocenters. The molecule has 0 spiro atoms. The third kappa shape index (κ3) is 7.57. The standard InChI is InChI=1S/C29H38N2O5/c1-5-6-7-12-28(32)31-19-23-17-24(14-13-22(23)18-26(31)29(33)34)35-16-15-25-21(4)36-27(30-25)11-9-8-10-20(2)3/h5,9,11,13-14,17,20,26H,1,6-8,10,12,15-16,18-19H2,2-4H3,(H,33,34)/b11-9+/t26-/m0/s1. The Hall–Kier alpha value is -3.35. The normalized spacial score (nSPS) is 15.3. The van der Waals surface area contributed by atoms with Gasteiger partial charge in [0.25, 0.3) is 0 Å². The summed E-state index contributed by atoms with van der Waals surface area (Å²) < 4.78 is 11.7. The van der Waals surface area contributed by atoms with Gasteiger partial charge in [-0.15, -0.1) is 6.58 Å². The molecule has 1 aromatic heterocycles. The average Bonchev–Trinajstić information content (AvgIpc) is 3.19. The molecule has 1 aliphatic rings. The SMILES string of the molecule is C=CCCCC(=O)N1Cc2cc(OCCc3nc(/C=C/CCC(C)C)oc3C)ccc2C[C@H]1C(=O)O. The molecule has 1 aliphatic heterocycles. The van der Waals surface area contributed by atoms with Crippen molar-refractivity contribution in [2.75, 3.05) is 6.61 Å². The first-order chi connectivity index (χ1) is 17.3. The highest BCUT2D eigenvalue weighted by molar-refractivity contribution is 5.84. The number of aromatic nitrogens is 1. The van der Waals surface area contributed by atoms with Crippen LogP contribution in [0.2, 0.25) is 0 Å². The first-order valence-electron chi connectivity index (χ1n) is 12.8. The van der Waals surface area contributed by atoms with E-state index in [-0.39, 0.29) is 12.5 Å². The molecule has 0 radical (unpaired) electrons. The number of carbonyl (C=O) groups excluding carboxylic acids is 1. The lowest BCUT2D eigenvalue weighted by molar-refractivity contribution is -0.151. The number of amides is 1. The molecule has 0 bridgehead atoms. The van der Waals surface area contributed by atoms with E-state index < -0.39 is 12.0 Å². The van der Waals surface area contributed by atoms with Gasteiger partial charge in [0.1, 0.15) is 17.6 Å². The molecule has 2 aromatic rings. The highest BCUT2D eigenvalue weighted by Crippen LogP contribution is 2.28. The van der Waals surface area contributed by atoms with Crippen molar-refractivity contribution in [1.82, 2.24) is 9.88 Å². The number of carboxylic acids is 1. The predicted molar refractivity (Wildman–Crippen MR) is 140 cm³/mol. The van der Waals surface area contributed by atoms with Crippen LogP contribution in [-0.2, 0) is 29.0 Å². The third-order valence-electron chi connectivity index (χ3n) is 6.40. The Labute approximate surface area is 213 Å². The van der Waals surface area contributed by atoms with Crippen molar-refractivity contribution in [3.8, 4) is 5.75 Å². The number of carbonyl (C=O) groups is 2. The van der Waals surface area contributed by atoms with Crippen molar-refractivity contribution in [1.29, 1.82) is 0 Å². The number of hydrogen-bond donors (Lipinski definition) is 1. The Bertz CT molecular complexity index is 1090. The van der Waals surface area contributed by atoms with E-state index in [4.69, 9.17) is 9.15 Å². The van der Waals surface area contributed by atoms with Crippen LogP contribution in [0, 0.1) is 12.8 Å². The average molecular weight is 495 g/mol. The molecule has 1 amide bonds. The van der Waals surface area contributed by atoms with Crippen molar-refractivity contribution in [3.63, 3.8) is 0 Å². The molecule has 0 saturated carbocycles. The number of unbranched alkanes of at least 4 members (excludes halogenated alkanes) is 1. The molecule has 7 nitrogen and oxygen atoms in total. The van der Waals surface area contributed by atoms with Gasteiger partial charge >= 0.3 is 5.97 Å². The third-order valence-corrected chi connectivity index (χ3v) is 6.40. The zero-order valence-corrected chi connectivity index (χ0v) is 21.7. The number of fused-ring (bicyclic) bond motifs is 1. The molecule has 3 rings (SSSR count). The summed E-state index contributed by atoms with van der Waals surface area (Å²) in [4.78, 5) is 30.6. The highest BCUT2D eigenvalue weighted by Gasteiger charge is 2.34. The minimum Gasteiger partial charge on any atom is -0.493 e. The minimum absolute atomic E-state index is 0.142. The fourth-order valence-corrected chi connectivity index (χ4v) is 4.31. The number of benzene rings is 1. The molecule has 7 heteroatoms. The van der Waals surface area contributed by atoms with Gasteiger partial charge in [-0.3, -0.25) is 4.79 Å². The fraction of sp³-hybridized carbons (Fsp3) is 0.483. The van der Waals surface area contributed by atoms with Crippen molar-refractivity contribution < 1.29 is 23.8 Å². The Morgan fingerprint density at radius 3 is 2.83 bits per heavy atom. The molecule has 0 saturated heterocycles. The maximum Gasteiger partial charge on any atom is 0.326 e. The monoisotopic (exact) mass is 494 g/mol. The van der Waals surface area contributed by atoms with Gasteiger partial charge in [0, 0.05) is 25.8 Å². The number of nitrogens with zero attached hydrogens (tertiary/aromatic N) is 2. The van der Waals surface area contributed by atoms with Crippen LogP contribution in [0.3, 0.4) is 0 Å². The van der Waals surface area contributed by atoms with E-state index in [1.54, 1.807) is 6.08 Å². The number of carboxylic acid groups (broad SMARTS) is 1. The van der Waals surface area contributed by atoms with Crippen LogP contribution in [0.15, 0.2) is 41.3 Å². The topological polar surface area (TPSA) is 92.9 Å². The summed E-state index contributed by atoms with van der Waals surface area (Å²) in [6.07, 6.45) is 10.5. The Morgan fingerprint density at radius 2 is 2.11 bits per heavy atom. The number of oxazole rings is 1. The van der Waals surface area contributed by atoms with Crippen LogP contribution in [0.4, 0.5) is 0 Å². The summed E-state index contributed by atoms with van der Waals surface area (Å²) in [5.41, 5.74) is 2.73. The maximum atomic E-state index is 12.7. The van der Waals surface area contributed by atoms with E-state index in [1.807, 2.05) is 31.2 Å². The van der Waals surface area contributed by atoms with Crippen LogP contribution in [-0.4, -0.2) is 39.5 Å². The molecule has 0 aliphatic carbocycles. The minimum atomic E-state index is -0.977. The Kier molecular flexibility index (Phi) is 9.91. The van der Waals surface area contributed by atoms with Crippen molar-refractivity contribution in [2.24, 2.45) is 5.92 Å². The summed E-state index contributed by atoms with van der Waals surface area (Å²) in [6, 6.07) is 4.83. The predicted octanol–water partition coefficient (Wildman–Crippen LogP) is 5.75. The Balaban J connectivity index is 1.59. The quantitative estimate of drug-likeness (QED) is 0.282. The van der Waals surface area contributed by atoms with Crippen LogP contribution in [0.5, 0.6) is 5.75 Å². The van der Waals surface area contributed by atoms with Gasteiger partial charge in [-0.2, -0.15) is 0 Å². The van der Waals surface area contributed by atoms with E-state index in [1.165, 1.54) is 4.90 Å². The van der Waals surface area contributed by atoms with Gasteiger partial charge in [0.15, 0.2) is 0 Å². The fourth-order valence-electron chi connectivity index (χ4n) is 4.31. The van der Waals surface area contributed by atoms with E-state index in [0.29, 0.717) is 49.8 Å².